The van der Waals surface area contributed by atoms with Gasteiger partial charge in [-0.25, -0.2) is 4.79 Å². The summed E-state index contributed by atoms with van der Waals surface area (Å²) in [5, 5.41) is 4.11. The predicted octanol–water partition coefficient (Wildman–Crippen LogP) is 6.12. The molecule has 3 rings (SSSR count). The highest BCUT2D eigenvalue weighted by molar-refractivity contribution is 6.05. The lowest BCUT2D eigenvalue weighted by Crippen LogP contribution is -2.30. The SMILES string of the molecule is CCOC(=O)CON=C1C=CC(C(=C(CC)c2ccccc2)c2ccccc2OC(C)N(C)C)=CC1. The molecular formula is C30H36N2O4. The molecule has 1 atom stereocenters. The third kappa shape index (κ3) is 7.18. The van der Waals surface area contributed by atoms with Gasteiger partial charge in [-0.05, 0) is 68.8 Å². The van der Waals surface area contributed by atoms with Crippen LogP contribution < -0.4 is 4.74 Å². The third-order valence-electron chi connectivity index (χ3n) is 5.90. The van der Waals surface area contributed by atoms with Gasteiger partial charge in [-0.3, -0.25) is 4.90 Å². The number of esters is 1. The molecule has 0 heterocycles. The molecule has 0 bridgehead atoms. The predicted molar refractivity (Wildman–Crippen MR) is 146 cm³/mol. The van der Waals surface area contributed by atoms with E-state index in [1.165, 1.54) is 11.1 Å². The lowest BCUT2D eigenvalue weighted by molar-refractivity contribution is -0.148. The maximum absolute atomic E-state index is 11.5. The summed E-state index contributed by atoms with van der Waals surface area (Å²) in [4.78, 5) is 18.7. The second-order valence-electron chi connectivity index (χ2n) is 8.61. The van der Waals surface area contributed by atoms with Crippen molar-refractivity contribution in [1.82, 2.24) is 4.90 Å². The first-order valence-corrected chi connectivity index (χ1v) is 12.4. The molecule has 0 N–H and O–H groups in total. The molecule has 190 valence electrons. The maximum atomic E-state index is 11.5. The summed E-state index contributed by atoms with van der Waals surface area (Å²) in [6, 6.07) is 18.6. The molecule has 2 aromatic rings. The molecule has 0 amide bonds. The van der Waals surface area contributed by atoms with E-state index in [1.807, 2.05) is 56.3 Å². The summed E-state index contributed by atoms with van der Waals surface area (Å²) in [6.45, 7) is 6.10. The number of carbonyl (C=O) groups is 1. The van der Waals surface area contributed by atoms with Crippen molar-refractivity contribution in [3.8, 4) is 5.75 Å². The van der Waals surface area contributed by atoms with Crippen molar-refractivity contribution in [2.45, 2.75) is 39.8 Å². The van der Waals surface area contributed by atoms with Gasteiger partial charge >= 0.3 is 5.97 Å². The molecule has 36 heavy (non-hydrogen) atoms. The first kappa shape index (κ1) is 27.0. The van der Waals surface area contributed by atoms with Gasteiger partial charge in [-0.2, -0.15) is 0 Å². The van der Waals surface area contributed by atoms with Crippen molar-refractivity contribution < 1.29 is 19.1 Å². The number of carbonyl (C=O) groups excluding carboxylic acids is 1. The second-order valence-corrected chi connectivity index (χ2v) is 8.61. The maximum Gasteiger partial charge on any atom is 0.347 e. The number of oxime groups is 1. The van der Waals surface area contributed by atoms with E-state index in [1.54, 1.807) is 6.92 Å². The summed E-state index contributed by atoms with van der Waals surface area (Å²) in [5.41, 5.74) is 6.42. The average Bonchev–Trinajstić information content (AvgIpc) is 2.89. The number of nitrogens with zero attached hydrogens (tertiary/aromatic N) is 2. The summed E-state index contributed by atoms with van der Waals surface area (Å²) in [5.74, 6) is 0.407. The van der Waals surface area contributed by atoms with Crippen molar-refractivity contribution in [3.63, 3.8) is 0 Å². The van der Waals surface area contributed by atoms with E-state index in [-0.39, 0.29) is 12.8 Å². The minimum atomic E-state index is -0.429. The van der Waals surface area contributed by atoms with Crippen LogP contribution in [-0.4, -0.2) is 50.1 Å². The molecule has 1 unspecified atom stereocenters. The van der Waals surface area contributed by atoms with E-state index < -0.39 is 5.97 Å². The molecule has 1 aliphatic rings. The quantitative estimate of drug-likeness (QED) is 0.165. The number of ether oxygens (including phenoxy) is 2. The molecule has 0 spiro atoms. The second kappa shape index (κ2) is 13.4. The lowest BCUT2D eigenvalue weighted by Gasteiger charge is -2.25. The van der Waals surface area contributed by atoms with Crippen molar-refractivity contribution in [2.75, 3.05) is 27.3 Å². The Hall–Kier alpha value is -3.64. The van der Waals surface area contributed by atoms with Crippen molar-refractivity contribution in [1.29, 1.82) is 0 Å². The molecule has 0 fully saturated rings. The Balaban J connectivity index is 2.01. The Morgan fingerprint density at radius 2 is 1.75 bits per heavy atom. The molecule has 0 saturated heterocycles. The van der Waals surface area contributed by atoms with E-state index in [2.05, 4.69) is 54.6 Å². The monoisotopic (exact) mass is 488 g/mol. The molecule has 0 saturated carbocycles. The van der Waals surface area contributed by atoms with Crippen LogP contribution in [0.25, 0.3) is 11.1 Å². The average molecular weight is 489 g/mol. The van der Waals surface area contributed by atoms with Gasteiger partial charge in [0.05, 0.1) is 12.3 Å². The Kier molecular flexibility index (Phi) is 10.1. The van der Waals surface area contributed by atoms with Crippen molar-refractivity contribution in [2.24, 2.45) is 5.16 Å². The van der Waals surface area contributed by atoms with Gasteiger partial charge in [-0.15, -0.1) is 0 Å². The van der Waals surface area contributed by atoms with Crippen LogP contribution in [0, 0.1) is 0 Å². The number of hydrogen-bond acceptors (Lipinski definition) is 6. The molecule has 0 radical (unpaired) electrons. The van der Waals surface area contributed by atoms with Crippen molar-refractivity contribution >= 4 is 22.8 Å². The van der Waals surface area contributed by atoms with E-state index in [9.17, 15) is 4.79 Å². The summed E-state index contributed by atoms with van der Waals surface area (Å²) in [6.07, 6.45) is 7.49. The highest BCUT2D eigenvalue weighted by Gasteiger charge is 2.20. The van der Waals surface area contributed by atoms with E-state index in [4.69, 9.17) is 14.3 Å². The van der Waals surface area contributed by atoms with Gasteiger partial charge in [0.1, 0.15) is 12.0 Å². The highest BCUT2D eigenvalue weighted by atomic mass is 16.7. The van der Waals surface area contributed by atoms with E-state index in [0.717, 1.165) is 34.6 Å². The fourth-order valence-electron chi connectivity index (χ4n) is 3.88. The van der Waals surface area contributed by atoms with Crippen LogP contribution in [0.5, 0.6) is 5.75 Å². The zero-order chi connectivity index (χ0) is 25.9. The van der Waals surface area contributed by atoms with Crippen LogP contribution >= 0.6 is 0 Å². The molecule has 2 aromatic carbocycles. The summed E-state index contributed by atoms with van der Waals surface area (Å²) < 4.78 is 11.3. The van der Waals surface area contributed by atoms with Crippen LogP contribution in [0.3, 0.4) is 0 Å². The van der Waals surface area contributed by atoms with Gasteiger partial charge in [0.15, 0.2) is 0 Å². The normalized spacial score (nSPS) is 15.8. The van der Waals surface area contributed by atoms with Crippen molar-refractivity contribution in [3.05, 3.63) is 89.5 Å². The Bertz CT molecular complexity index is 1150. The Morgan fingerprint density at radius 3 is 2.39 bits per heavy atom. The third-order valence-corrected chi connectivity index (χ3v) is 5.90. The topological polar surface area (TPSA) is 60.4 Å². The van der Waals surface area contributed by atoms with Crippen LogP contribution in [0.1, 0.15) is 44.7 Å². The first-order chi connectivity index (χ1) is 17.4. The van der Waals surface area contributed by atoms with Crippen LogP contribution in [0.4, 0.5) is 0 Å². The number of para-hydroxylation sites is 1. The first-order valence-electron chi connectivity index (χ1n) is 12.4. The van der Waals surface area contributed by atoms with Gasteiger partial charge in [0, 0.05) is 12.0 Å². The standard InChI is InChI=1S/C30H36N2O4/c1-6-26(23-13-9-8-10-14-23)30(27-15-11-12-16-28(27)36-22(3)32(4)5)24-17-19-25(20-18-24)31-35-21-29(33)34-7-2/h8-19,22H,6-7,20-21H2,1-5H3. The molecule has 1 aliphatic carbocycles. The number of rotatable bonds is 11. The minimum Gasteiger partial charge on any atom is -0.475 e. The van der Waals surface area contributed by atoms with Crippen LogP contribution in [-0.2, 0) is 14.4 Å². The zero-order valence-electron chi connectivity index (χ0n) is 21.9. The Morgan fingerprint density at radius 1 is 1.03 bits per heavy atom. The smallest absolute Gasteiger partial charge is 0.347 e. The fraction of sp³-hybridized carbons (Fsp3) is 0.333. The molecule has 6 heteroatoms. The zero-order valence-corrected chi connectivity index (χ0v) is 21.9. The van der Waals surface area contributed by atoms with Gasteiger partial charge in [0.2, 0.25) is 6.61 Å². The highest BCUT2D eigenvalue weighted by Crippen LogP contribution is 2.40. The number of benzene rings is 2. The Labute approximate surface area is 214 Å². The summed E-state index contributed by atoms with van der Waals surface area (Å²) in [7, 11) is 4.01. The van der Waals surface area contributed by atoms with E-state index in [0.29, 0.717) is 13.0 Å². The molecule has 6 nitrogen and oxygen atoms in total. The number of hydrogen-bond donors (Lipinski definition) is 0. The van der Waals surface area contributed by atoms with Gasteiger partial charge < -0.3 is 14.3 Å². The van der Waals surface area contributed by atoms with Crippen LogP contribution in [0.2, 0.25) is 0 Å². The summed E-state index contributed by atoms with van der Waals surface area (Å²) >= 11 is 0. The fourth-order valence-corrected chi connectivity index (χ4v) is 3.88. The minimum absolute atomic E-state index is 0.0830. The van der Waals surface area contributed by atoms with Gasteiger partial charge in [-0.1, -0.05) is 72.8 Å². The molecule has 0 aliphatic heterocycles. The van der Waals surface area contributed by atoms with E-state index >= 15 is 0 Å². The molecule has 0 aromatic heterocycles. The largest absolute Gasteiger partial charge is 0.475 e. The molecular weight excluding hydrogens is 452 g/mol. The van der Waals surface area contributed by atoms with Gasteiger partial charge in [0.25, 0.3) is 0 Å². The lowest BCUT2D eigenvalue weighted by atomic mass is 9.85. The number of allylic oxidation sites excluding steroid dienone is 6. The van der Waals surface area contributed by atoms with Crippen LogP contribution in [0.15, 0.2) is 83.6 Å².